The number of amides is 1. The van der Waals surface area contributed by atoms with Gasteiger partial charge in [-0.2, -0.15) is 0 Å². The van der Waals surface area contributed by atoms with E-state index in [-0.39, 0.29) is 16.7 Å². The van der Waals surface area contributed by atoms with Gasteiger partial charge in [-0.25, -0.2) is 0 Å². The van der Waals surface area contributed by atoms with Gasteiger partial charge in [0, 0.05) is 37.1 Å². The van der Waals surface area contributed by atoms with Crippen molar-refractivity contribution in [2.45, 2.75) is 30.6 Å². The molecule has 0 aromatic heterocycles. The molecule has 2 N–H and O–H groups in total. The van der Waals surface area contributed by atoms with Crippen LogP contribution in [0.4, 0.5) is 0 Å². The number of benzene rings is 1. The Bertz CT molecular complexity index is 579. The van der Waals surface area contributed by atoms with E-state index in [2.05, 4.69) is 28.5 Å². The first kappa shape index (κ1) is 18.1. The van der Waals surface area contributed by atoms with Gasteiger partial charge in [0.05, 0.1) is 10.6 Å². The second kappa shape index (κ2) is 8.09. The number of hydrogen-bond acceptors (Lipinski definition) is 4. The largest absolute Gasteiger partial charge is 0.341 e. The van der Waals surface area contributed by atoms with Crippen molar-refractivity contribution in [2.75, 3.05) is 38.5 Å². The van der Waals surface area contributed by atoms with Crippen molar-refractivity contribution in [3.05, 3.63) is 34.9 Å². The van der Waals surface area contributed by atoms with E-state index in [4.69, 9.17) is 11.6 Å². The van der Waals surface area contributed by atoms with Crippen molar-refractivity contribution in [1.82, 2.24) is 15.5 Å². The molecular formula is C18H26ClN3OS. The van der Waals surface area contributed by atoms with Crippen LogP contribution in [-0.4, -0.2) is 54.2 Å². The van der Waals surface area contributed by atoms with Gasteiger partial charge in [-0.1, -0.05) is 23.7 Å². The molecule has 3 rings (SSSR count). The summed E-state index contributed by atoms with van der Waals surface area (Å²) < 4.78 is 0. The van der Waals surface area contributed by atoms with E-state index in [1.54, 1.807) is 11.8 Å². The van der Waals surface area contributed by atoms with Crippen molar-refractivity contribution in [3.63, 3.8) is 0 Å². The van der Waals surface area contributed by atoms with Crippen molar-refractivity contribution in [1.29, 1.82) is 0 Å². The van der Waals surface area contributed by atoms with Crippen LogP contribution in [0, 0.1) is 0 Å². The van der Waals surface area contributed by atoms with Crippen LogP contribution in [0.25, 0.3) is 0 Å². The summed E-state index contributed by atoms with van der Waals surface area (Å²) in [6.45, 7) is 7.70. The van der Waals surface area contributed by atoms with E-state index in [1.165, 1.54) is 5.56 Å². The molecule has 0 radical (unpaired) electrons. The second-order valence-electron chi connectivity index (χ2n) is 6.79. The monoisotopic (exact) mass is 367 g/mol. The average Bonchev–Trinajstić information content (AvgIpc) is 2.92. The van der Waals surface area contributed by atoms with Gasteiger partial charge in [0.15, 0.2) is 0 Å². The van der Waals surface area contributed by atoms with Crippen LogP contribution in [0.5, 0.6) is 0 Å². The summed E-state index contributed by atoms with van der Waals surface area (Å²) in [6, 6.07) is 8.10. The third-order valence-electron chi connectivity index (χ3n) is 4.98. The highest BCUT2D eigenvalue weighted by atomic mass is 35.5. The summed E-state index contributed by atoms with van der Waals surface area (Å²) in [7, 11) is 0. The Morgan fingerprint density at radius 1 is 1.38 bits per heavy atom. The van der Waals surface area contributed by atoms with E-state index < -0.39 is 0 Å². The standard InChI is InChI=1S/C18H26ClN3OS/c1-18(21-17(23)13-24-18)16(14-4-2-5-15(19)12-14)6-3-9-22-10-7-20-8-11-22/h2,4-5,12,16,20H,3,6-11,13H2,1H3,(H,21,23). The lowest BCUT2D eigenvalue weighted by Gasteiger charge is -2.35. The van der Waals surface area contributed by atoms with Crippen LogP contribution in [-0.2, 0) is 4.79 Å². The first-order valence-corrected chi connectivity index (χ1v) is 10.1. The van der Waals surface area contributed by atoms with Crippen LogP contribution < -0.4 is 10.6 Å². The Balaban J connectivity index is 1.68. The molecule has 2 saturated heterocycles. The first-order valence-electron chi connectivity index (χ1n) is 8.70. The van der Waals surface area contributed by atoms with Crippen molar-refractivity contribution in [3.8, 4) is 0 Å². The molecule has 1 aromatic rings. The van der Waals surface area contributed by atoms with E-state index >= 15 is 0 Å². The van der Waals surface area contributed by atoms with Crippen LogP contribution in [0.1, 0.15) is 31.2 Å². The molecule has 1 amide bonds. The van der Waals surface area contributed by atoms with Gasteiger partial charge in [0.1, 0.15) is 0 Å². The van der Waals surface area contributed by atoms with Crippen LogP contribution in [0.3, 0.4) is 0 Å². The Morgan fingerprint density at radius 3 is 2.83 bits per heavy atom. The van der Waals surface area contributed by atoms with Gasteiger partial charge < -0.3 is 15.5 Å². The fourth-order valence-electron chi connectivity index (χ4n) is 3.69. The number of rotatable bonds is 6. The molecule has 2 atom stereocenters. The zero-order valence-electron chi connectivity index (χ0n) is 14.2. The summed E-state index contributed by atoms with van der Waals surface area (Å²) in [6.07, 6.45) is 2.18. The fraction of sp³-hybridized carbons (Fsp3) is 0.611. The summed E-state index contributed by atoms with van der Waals surface area (Å²) in [4.78, 5) is 14.1. The zero-order valence-corrected chi connectivity index (χ0v) is 15.8. The molecule has 0 bridgehead atoms. The van der Waals surface area contributed by atoms with Crippen LogP contribution in [0.15, 0.2) is 24.3 Å². The van der Waals surface area contributed by atoms with Crippen LogP contribution in [0.2, 0.25) is 5.02 Å². The number of piperazine rings is 1. The Hall–Kier alpha value is -0.750. The lowest BCUT2D eigenvalue weighted by molar-refractivity contribution is -0.118. The lowest BCUT2D eigenvalue weighted by atomic mass is 9.87. The summed E-state index contributed by atoms with van der Waals surface area (Å²) in [5.41, 5.74) is 1.22. The molecule has 2 aliphatic heterocycles. The maximum absolute atomic E-state index is 11.8. The first-order chi connectivity index (χ1) is 11.6. The molecule has 0 aliphatic carbocycles. The van der Waals surface area contributed by atoms with Crippen LogP contribution >= 0.6 is 23.4 Å². The Kier molecular flexibility index (Phi) is 6.08. The van der Waals surface area contributed by atoms with E-state index in [1.807, 2.05) is 18.2 Å². The number of nitrogens with zero attached hydrogens (tertiary/aromatic N) is 1. The Morgan fingerprint density at radius 2 is 2.17 bits per heavy atom. The minimum Gasteiger partial charge on any atom is -0.341 e. The van der Waals surface area contributed by atoms with E-state index in [0.29, 0.717) is 5.75 Å². The molecule has 132 valence electrons. The number of thioether (sulfide) groups is 1. The summed E-state index contributed by atoms with van der Waals surface area (Å²) >= 11 is 7.94. The highest BCUT2D eigenvalue weighted by molar-refractivity contribution is 8.01. The second-order valence-corrected chi connectivity index (χ2v) is 8.65. The molecule has 0 spiro atoms. The van der Waals surface area contributed by atoms with E-state index in [9.17, 15) is 4.79 Å². The van der Waals surface area contributed by atoms with Gasteiger partial charge >= 0.3 is 0 Å². The van der Waals surface area contributed by atoms with Gasteiger partial charge in [-0.15, -0.1) is 11.8 Å². The molecular weight excluding hydrogens is 342 g/mol. The predicted molar refractivity (Wildman–Crippen MR) is 102 cm³/mol. The highest BCUT2D eigenvalue weighted by Gasteiger charge is 2.41. The number of carbonyl (C=O) groups is 1. The molecule has 6 heteroatoms. The number of carbonyl (C=O) groups excluding carboxylic acids is 1. The lowest BCUT2D eigenvalue weighted by Crippen LogP contribution is -2.44. The van der Waals surface area contributed by atoms with Crippen molar-refractivity contribution < 1.29 is 4.79 Å². The number of halogens is 1. The van der Waals surface area contributed by atoms with E-state index in [0.717, 1.165) is 50.6 Å². The third-order valence-corrected chi connectivity index (χ3v) is 6.61. The predicted octanol–water partition coefficient (Wildman–Crippen LogP) is 2.69. The van der Waals surface area contributed by atoms with Crippen molar-refractivity contribution >= 4 is 29.3 Å². The molecule has 2 unspecified atom stereocenters. The molecule has 2 heterocycles. The molecule has 2 fully saturated rings. The molecule has 4 nitrogen and oxygen atoms in total. The van der Waals surface area contributed by atoms with Gasteiger partial charge in [0.2, 0.25) is 5.91 Å². The average molecular weight is 368 g/mol. The Labute approximate surface area is 153 Å². The quantitative estimate of drug-likeness (QED) is 0.811. The van der Waals surface area contributed by atoms with Gasteiger partial charge in [0.25, 0.3) is 0 Å². The van der Waals surface area contributed by atoms with Gasteiger partial charge in [-0.3, -0.25) is 4.79 Å². The fourth-order valence-corrected chi connectivity index (χ4v) is 5.03. The maximum atomic E-state index is 11.8. The number of hydrogen-bond donors (Lipinski definition) is 2. The minimum atomic E-state index is -0.245. The number of nitrogens with one attached hydrogen (secondary N) is 2. The zero-order chi connectivity index (χ0) is 17.0. The molecule has 1 aromatic carbocycles. The smallest absolute Gasteiger partial charge is 0.231 e. The summed E-state index contributed by atoms with van der Waals surface area (Å²) in [5.74, 6) is 0.956. The normalized spacial score (nSPS) is 26.3. The topological polar surface area (TPSA) is 44.4 Å². The third kappa shape index (κ3) is 4.45. The SMILES string of the molecule is CC1(C(CCCN2CCNCC2)c2cccc(Cl)c2)NC(=O)CS1. The highest BCUT2D eigenvalue weighted by Crippen LogP contribution is 2.43. The van der Waals surface area contributed by atoms with Crippen molar-refractivity contribution in [2.24, 2.45) is 0 Å². The molecule has 2 aliphatic rings. The molecule has 24 heavy (non-hydrogen) atoms. The molecule has 0 saturated carbocycles. The van der Waals surface area contributed by atoms with Gasteiger partial charge in [-0.05, 0) is 44.0 Å². The minimum absolute atomic E-state index is 0.136. The maximum Gasteiger partial charge on any atom is 0.231 e. The summed E-state index contributed by atoms with van der Waals surface area (Å²) in [5, 5.41) is 7.35.